The van der Waals surface area contributed by atoms with Crippen molar-refractivity contribution in [1.29, 1.82) is 0 Å². The van der Waals surface area contributed by atoms with Crippen LogP contribution in [-0.4, -0.2) is 52.7 Å². The van der Waals surface area contributed by atoms with Crippen LogP contribution in [0.15, 0.2) is 28.8 Å². The molecule has 1 fully saturated rings. The van der Waals surface area contributed by atoms with Gasteiger partial charge in [0.05, 0.1) is 17.1 Å². The zero-order valence-electron chi connectivity index (χ0n) is 12.1. The quantitative estimate of drug-likeness (QED) is 0.868. The lowest BCUT2D eigenvalue weighted by molar-refractivity contribution is 0.128. The Labute approximate surface area is 129 Å². The zero-order valence-corrected chi connectivity index (χ0v) is 12.9. The summed E-state index contributed by atoms with van der Waals surface area (Å²) in [5, 5.41) is 4.70. The highest BCUT2D eigenvalue weighted by atomic mass is 35.5. The van der Waals surface area contributed by atoms with Crippen molar-refractivity contribution in [2.75, 3.05) is 32.7 Å². The monoisotopic (exact) mass is 306 g/mol. The molecular weight excluding hydrogens is 288 g/mol. The van der Waals surface area contributed by atoms with Gasteiger partial charge in [0.25, 0.3) is 5.89 Å². The van der Waals surface area contributed by atoms with Crippen molar-refractivity contribution in [3.8, 4) is 11.5 Å². The molecular formula is C15H19ClN4O. The molecule has 0 radical (unpaired) electrons. The number of aromatic nitrogens is 2. The van der Waals surface area contributed by atoms with E-state index in [2.05, 4.69) is 26.9 Å². The van der Waals surface area contributed by atoms with E-state index in [0.29, 0.717) is 10.9 Å². The van der Waals surface area contributed by atoms with Gasteiger partial charge in [0.15, 0.2) is 5.82 Å². The summed E-state index contributed by atoms with van der Waals surface area (Å²) in [6.45, 7) is 8.34. The van der Waals surface area contributed by atoms with E-state index in [9.17, 15) is 0 Å². The van der Waals surface area contributed by atoms with Gasteiger partial charge in [-0.1, -0.05) is 35.8 Å². The number of piperazine rings is 1. The number of hydrogen-bond donors (Lipinski definition) is 0. The van der Waals surface area contributed by atoms with Crippen molar-refractivity contribution in [3.63, 3.8) is 0 Å². The number of nitrogens with zero attached hydrogens (tertiary/aromatic N) is 4. The molecule has 1 aliphatic heterocycles. The van der Waals surface area contributed by atoms with Crippen LogP contribution >= 0.6 is 11.6 Å². The molecule has 0 bridgehead atoms. The Hall–Kier alpha value is -1.43. The predicted octanol–water partition coefficient (Wildman–Crippen LogP) is 2.53. The Morgan fingerprint density at radius 3 is 2.57 bits per heavy atom. The second-order valence-electron chi connectivity index (χ2n) is 5.21. The van der Waals surface area contributed by atoms with E-state index >= 15 is 0 Å². The Morgan fingerprint density at radius 1 is 1.14 bits per heavy atom. The second kappa shape index (κ2) is 6.56. The first-order valence-corrected chi connectivity index (χ1v) is 7.66. The lowest BCUT2D eigenvalue weighted by Crippen LogP contribution is -2.45. The van der Waals surface area contributed by atoms with Crippen LogP contribution in [0.4, 0.5) is 0 Å². The molecule has 21 heavy (non-hydrogen) atoms. The Balaban J connectivity index is 1.65. The number of hydrogen-bond acceptors (Lipinski definition) is 5. The van der Waals surface area contributed by atoms with Crippen molar-refractivity contribution < 1.29 is 4.52 Å². The summed E-state index contributed by atoms with van der Waals surface area (Å²) in [6, 6.07) is 7.51. The van der Waals surface area contributed by atoms with Gasteiger partial charge in [-0.15, -0.1) is 0 Å². The van der Waals surface area contributed by atoms with Crippen LogP contribution in [0, 0.1) is 0 Å². The van der Waals surface area contributed by atoms with Crippen LogP contribution in [0.2, 0.25) is 5.02 Å². The van der Waals surface area contributed by atoms with Crippen LogP contribution in [0.25, 0.3) is 11.5 Å². The molecule has 0 saturated carbocycles. The van der Waals surface area contributed by atoms with Gasteiger partial charge >= 0.3 is 0 Å². The van der Waals surface area contributed by atoms with E-state index in [1.807, 2.05) is 24.3 Å². The topological polar surface area (TPSA) is 45.4 Å². The maximum Gasteiger partial charge on any atom is 0.259 e. The summed E-state index contributed by atoms with van der Waals surface area (Å²) >= 11 is 6.15. The van der Waals surface area contributed by atoms with Gasteiger partial charge < -0.3 is 9.42 Å². The SMILES string of the molecule is CCN1CCN(Cc2noc(-c3ccccc3Cl)n2)CC1. The lowest BCUT2D eigenvalue weighted by Gasteiger charge is -2.33. The van der Waals surface area contributed by atoms with Gasteiger partial charge in [0, 0.05) is 26.2 Å². The summed E-state index contributed by atoms with van der Waals surface area (Å²) in [5.41, 5.74) is 0.786. The van der Waals surface area contributed by atoms with Crippen LogP contribution in [0.5, 0.6) is 0 Å². The number of rotatable bonds is 4. The van der Waals surface area contributed by atoms with Crippen LogP contribution in [0.1, 0.15) is 12.7 Å². The highest BCUT2D eigenvalue weighted by molar-refractivity contribution is 6.33. The third-order valence-corrected chi connectivity index (χ3v) is 4.18. The molecule has 1 aromatic heterocycles. The average molecular weight is 307 g/mol. The molecule has 1 aliphatic rings. The van der Waals surface area contributed by atoms with E-state index in [0.717, 1.165) is 50.7 Å². The molecule has 0 N–H and O–H groups in total. The predicted molar refractivity (Wildman–Crippen MR) is 82.1 cm³/mol. The highest BCUT2D eigenvalue weighted by Gasteiger charge is 2.18. The van der Waals surface area contributed by atoms with Crippen LogP contribution in [0.3, 0.4) is 0 Å². The molecule has 3 rings (SSSR count). The molecule has 0 atom stereocenters. The molecule has 0 spiro atoms. The number of halogens is 1. The van der Waals surface area contributed by atoms with E-state index in [4.69, 9.17) is 16.1 Å². The largest absolute Gasteiger partial charge is 0.334 e. The van der Waals surface area contributed by atoms with E-state index in [-0.39, 0.29) is 0 Å². The zero-order chi connectivity index (χ0) is 14.7. The van der Waals surface area contributed by atoms with Crippen molar-refractivity contribution in [2.45, 2.75) is 13.5 Å². The molecule has 0 unspecified atom stereocenters. The normalized spacial score (nSPS) is 17.2. The minimum absolute atomic E-state index is 0.489. The standard InChI is InChI=1S/C15H19ClN4O/c1-2-19-7-9-20(10-8-19)11-14-17-15(21-18-14)12-5-3-4-6-13(12)16/h3-6H,2,7-11H2,1H3. The first kappa shape index (κ1) is 14.5. The van der Waals surface area contributed by atoms with Gasteiger partial charge in [0.2, 0.25) is 0 Å². The lowest BCUT2D eigenvalue weighted by atomic mass is 10.2. The third kappa shape index (κ3) is 3.43. The minimum atomic E-state index is 0.489. The molecule has 6 heteroatoms. The molecule has 0 aliphatic carbocycles. The van der Waals surface area contributed by atoms with Crippen molar-refractivity contribution in [2.24, 2.45) is 0 Å². The summed E-state index contributed by atoms with van der Waals surface area (Å²) in [7, 11) is 0. The van der Waals surface area contributed by atoms with Gasteiger partial charge in [-0.3, -0.25) is 4.90 Å². The molecule has 1 aromatic carbocycles. The summed E-state index contributed by atoms with van der Waals surface area (Å²) in [6.07, 6.45) is 0. The van der Waals surface area contributed by atoms with Gasteiger partial charge in [-0.2, -0.15) is 4.98 Å². The summed E-state index contributed by atoms with van der Waals surface area (Å²) in [5.74, 6) is 1.21. The van der Waals surface area contributed by atoms with Gasteiger partial charge in [-0.05, 0) is 18.7 Å². The smallest absolute Gasteiger partial charge is 0.259 e. The third-order valence-electron chi connectivity index (χ3n) is 3.85. The van der Waals surface area contributed by atoms with Gasteiger partial charge in [0.1, 0.15) is 0 Å². The number of benzene rings is 1. The van der Waals surface area contributed by atoms with Gasteiger partial charge in [-0.25, -0.2) is 0 Å². The van der Waals surface area contributed by atoms with Crippen molar-refractivity contribution in [3.05, 3.63) is 35.1 Å². The fourth-order valence-electron chi connectivity index (χ4n) is 2.53. The molecule has 5 nitrogen and oxygen atoms in total. The second-order valence-corrected chi connectivity index (χ2v) is 5.61. The van der Waals surface area contributed by atoms with E-state index in [1.165, 1.54) is 0 Å². The molecule has 2 aromatic rings. The Morgan fingerprint density at radius 2 is 1.86 bits per heavy atom. The summed E-state index contributed by atoms with van der Waals surface area (Å²) < 4.78 is 5.33. The Kier molecular flexibility index (Phi) is 4.53. The van der Waals surface area contributed by atoms with Crippen LogP contribution in [-0.2, 0) is 6.54 Å². The van der Waals surface area contributed by atoms with Crippen molar-refractivity contribution in [1.82, 2.24) is 19.9 Å². The fourth-order valence-corrected chi connectivity index (χ4v) is 2.74. The first-order chi connectivity index (χ1) is 10.3. The maximum atomic E-state index is 6.15. The molecule has 112 valence electrons. The van der Waals surface area contributed by atoms with Crippen LogP contribution < -0.4 is 0 Å². The maximum absolute atomic E-state index is 6.15. The number of likely N-dealkylation sites (N-methyl/N-ethyl adjacent to an activating group) is 1. The Bertz CT molecular complexity index is 593. The minimum Gasteiger partial charge on any atom is -0.334 e. The van der Waals surface area contributed by atoms with E-state index in [1.54, 1.807) is 0 Å². The van der Waals surface area contributed by atoms with Crippen molar-refractivity contribution >= 4 is 11.6 Å². The summed E-state index contributed by atoms with van der Waals surface area (Å²) in [4.78, 5) is 9.26. The first-order valence-electron chi connectivity index (χ1n) is 7.28. The van der Waals surface area contributed by atoms with E-state index < -0.39 is 0 Å². The molecule has 2 heterocycles. The fraction of sp³-hybridized carbons (Fsp3) is 0.467. The molecule has 1 saturated heterocycles. The highest BCUT2D eigenvalue weighted by Crippen LogP contribution is 2.26. The molecule has 0 amide bonds. The average Bonchev–Trinajstić information content (AvgIpc) is 2.97.